The fourth-order valence-electron chi connectivity index (χ4n) is 4.48. The van der Waals surface area contributed by atoms with E-state index in [0.717, 1.165) is 26.4 Å². The zero-order valence-electron chi connectivity index (χ0n) is 14.5. The zero-order chi connectivity index (χ0) is 17.5. The number of hydrogen-bond donors (Lipinski definition) is 0. The number of halogens is 3. The first kappa shape index (κ1) is 18.6. The lowest BCUT2D eigenvalue weighted by atomic mass is 9.67. The SMILES string of the molecule is COC1(C(F)(F)F)CCN(C(=O)C2CC(C)CC(C)(C)C2)CC1. The maximum atomic E-state index is 13.2. The van der Waals surface area contributed by atoms with Gasteiger partial charge in [-0.2, -0.15) is 13.2 Å². The minimum atomic E-state index is -4.39. The number of amides is 1. The molecule has 1 saturated heterocycles. The molecule has 0 aromatic carbocycles. The predicted molar refractivity (Wildman–Crippen MR) is 81.9 cm³/mol. The first-order valence-corrected chi connectivity index (χ1v) is 8.40. The fourth-order valence-corrected chi connectivity index (χ4v) is 4.48. The number of hydrogen-bond acceptors (Lipinski definition) is 2. The Kier molecular flexibility index (Phi) is 5.05. The van der Waals surface area contributed by atoms with Crippen LogP contribution in [0.15, 0.2) is 0 Å². The zero-order valence-corrected chi connectivity index (χ0v) is 14.5. The molecule has 6 heteroatoms. The van der Waals surface area contributed by atoms with Crippen LogP contribution in [-0.2, 0) is 9.53 Å². The number of piperidine rings is 1. The summed E-state index contributed by atoms with van der Waals surface area (Å²) < 4.78 is 44.4. The third kappa shape index (κ3) is 3.83. The Balaban J connectivity index is 2.01. The fraction of sp³-hybridized carbons (Fsp3) is 0.941. The molecule has 1 amide bonds. The number of nitrogens with zero attached hydrogens (tertiary/aromatic N) is 1. The summed E-state index contributed by atoms with van der Waals surface area (Å²) in [5.41, 5.74) is -1.97. The summed E-state index contributed by atoms with van der Waals surface area (Å²) in [7, 11) is 1.11. The lowest BCUT2D eigenvalue weighted by Gasteiger charge is -2.44. The first-order valence-electron chi connectivity index (χ1n) is 8.40. The quantitative estimate of drug-likeness (QED) is 0.763. The molecule has 2 fully saturated rings. The molecule has 0 radical (unpaired) electrons. The molecule has 3 nitrogen and oxygen atoms in total. The number of carbonyl (C=O) groups is 1. The summed E-state index contributed by atoms with van der Waals surface area (Å²) in [5.74, 6) is 0.442. The molecule has 23 heavy (non-hydrogen) atoms. The number of likely N-dealkylation sites (tertiary alicyclic amines) is 1. The highest BCUT2D eigenvalue weighted by Gasteiger charge is 2.57. The number of ether oxygens (including phenoxy) is 1. The van der Waals surface area contributed by atoms with Crippen molar-refractivity contribution in [3.05, 3.63) is 0 Å². The van der Waals surface area contributed by atoms with Gasteiger partial charge in [0.25, 0.3) is 0 Å². The average molecular weight is 335 g/mol. The smallest absolute Gasteiger partial charge is 0.369 e. The Labute approximate surface area is 136 Å². The third-order valence-electron chi connectivity index (χ3n) is 5.53. The van der Waals surface area contributed by atoms with Crippen LogP contribution in [0.3, 0.4) is 0 Å². The Morgan fingerprint density at radius 2 is 1.74 bits per heavy atom. The molecule has 1 saturated carbocycles. The summed E-state index contributed by atoms with van der Waals surface area (Å²) in [5, 5.41) is 0. The van der Waals surface area contributed by atoms with Gasteiger partial charge in [0.2, 0.25) is 5.91 Å². The summed E-state index contributed by atoms with van der Waals surface area (Å²) in [6.45, 7) is 6.73. The van der Waals surface area contributed by atoms with E-state index in [9.17, 15) is 18.0 Å². The minimum Gasteiger partial charge on any atom is -0.369 e. The van der Waals surface area contributed by atoms with Crippen LogP contribution < -0.4 is 0 Å². The van der Waals surface area contributed by atoms with E-state index in [1.807, 2.05) is 0 Å². The molecule has 0 N–H and O–H groups in total. The van der Waals surface area contributed by atoms with Crippen molar-refractivity contribution < 1.29 is 22.7 Å². The van der Waals surface area contributed by atoms with Crippen LogP contribution >= 0.6 is 0 Å². The largest absolute Gasteiger partial charge is 0.417 e. The van der Waals surface area contributed by atoms with Crippen LogP contribution in [0.25, 0.3) is 0 Å². The van der Waals surface area contributed by atoms with Gasteiger partial charge in [-0.3, -0.25) is 4.79 Å². The van der Waals surface area contributed by atoms with Gasteiger partial charge in [0, 0.05) is 39.0 Å². The highest BCUT2D eigenvalue weighted by molar-refractivity contribution is 5.79. The molecule has 2 aliphatic rings. The van der Waals surface area contributed by atoms with E-state index in [1.165, 1.54) is 0 Å². The van der Waals surface area contributed by atoms with Crippen molar-refractivity contribution in [2.45, 2.75) is 64.7 Å². The van der Waals surface area contributed by atoms with E-state index in [1.54, 1.807) is 4.90 Å². The monoisotopic (exact) mass is 335 g/mol. The average Bonchev–Trinajstić information content (AvgIpc) is 2.43. The number of carbonyl (C=O) groups excluding carboxylic acids is 1. The van der Waals surface area contributed by atoms with Crippen molar-refractivity contribution in [3.8, 4) is 0 Å². The van der Waals surface area contributed by atoms with Gasteiger partial charge in [-0.05, 0) is 30.6 Å². The number of alkyl halides is 3. The van der Waals surface area contributed by atoms with Gasteiger partial charge in [-0.1, -0.05) is 20.8 Å². The molecule has 0 aromatic rings. The Morgan fingerprint density at radius 3 is 2.17 bits per heavy atom. The minimum absolute atomic E-state index is 0.0245. The van der Waals surface area contributed by atoms with Crippen LogP contribution in [0, 0.1) is 17.3 Å². The van der Waals surface area contributed by atoms with E-state index in [-0.39, 0.29) is 43.2 Å². The van der Waals surface area contributed by atoms with Crippen molar-refractivity contribution in [2.75, 3.05) is 20.2 Å². The maximum absolute atomic E-state index is 13.2. The third-order valence-corrected chi connectivity index (χ3v) is 5.53. The van der Waals surface area contributed by atoms with Crippen LogP contribution in [0.2, 0.25) is 0 Å². The second-order valence-corrected chi connectivity index (χ2v) is 8.13. The number of rotatable bonds is 2. The van der Waals surface area contributed by atoms with Gasteiger partial charge in [-0.15, -0.1) is 0 Å². The second kappa shape index (κ2) is 6.26. The maximum Gasteiger partial charge on any atom is 0.417 e. The van der Waals surface area contributed by atoms with Crippen LogP contribution in [0.5, 0.6) is 0 Å². The van der Waals surface area contributed by atoms with E-state index >= 15 is 0 Å². The molecule has 2 rings (SSSR count). The summed E-state index contributed by atoms with van der Waals surface area (Å²) >= 11 is 0. The van der Waals surface area contributed by atoms with Gasteiger partial charge >= 0.3 is 6.18 Å². The van der Waals surface area contributed by atoms with Gasteiger partial charge in [0.1, 0.15) is 0 Å². The molecular weight excluding hydrogens is 307 g/mol. The van der Waals surface area contributed by atoms with Gasteiger partial charge in [-0.25, -0.2) is 0 Å². The second-order valence-electron chi connectivity index (χ2n) is 8.13. The van der Waals surface area contributed by atoms with Crippen molar-refractivity contribution in [2.24, 2.45) is 17.3 Å². The molecule has 1 aliphatic carbocycles. The van der Waals surface area contributed by atoms with Crippen molar-refractivity contribution in [3.63, 3.8) is 0 Å². The summed E-state index contributed by atoms with van der Waals surface area (Å²) in [4.78, 5) is 14.4. The normalized spacial score (nSPS) is 31.0. The predicted octanol–water partition coefficient (Wildman–Crippen LogP) is 4.02. The van der Waals surface area contributed by atoms with Crippen LogP contribution in [-0.4, -0.2) is 42.8 Å². The van der Waals surface area contributed by atoms with E-state index < -0.39 is 11.8 Å². The number of methoxy groups -OCH3 is 1. The molecule has 0 bridgehead atoms. The molecule has 0 aromatic heterocycles. The summed E-state index contributed by atoms with van der Waals surface area (Å²) in [6, 6.07) is 0. The Bertz CT molecular complexity index is 440. The molecule has 2 atom stereocenters. The first-order chi connectivity index (χ1) is 10.5. The molecule has 1 aliphatic heterocycles. The Hall–Kier alpha value is -0.780. The van der Waals surface area contributed by atoms with Gasteiger partial charge in [0.15, 0.2) is 5.60 Å². The van der Waals surface area contributed by atoms with Crippen LogP contribution in [0.4, 0.5) is 13.2 Å². The molecule has 2 unspecified atom stereocenters. The molecule has 0 spiro atoms. The summed E-state index contributed by atoms with van der Waals surface area (Å²) in [6.07, 6.45) is -1.99. The molecular formula is C17H28F3NO2. The highest BCUT2D eigenvalue weighted by Crippen LogP contribution is 2.44. The topological polar surface area (TPSA) is 29.5 Å². The van der Waals surface area contributed by atoms with E-state index in [4.69, 9.17) is 4.74 Å². The Morgan fingerprint density at radius 1 is 1.17 bits per heavy atom. The lowest BCUT2D eigenvalue weighted by molar-refractivity contribution is -0.282. The van der Waals surface area contributed by atoms with Crippen molar-refractivity contribution in [1.82, 2.24) is 4.90 Å². The van der Waals surface area contributed by atoms with Crippen LogP contribution in [0.1, 0.15) is 52.9 Å². The van der Waals surface area contributed by atoms with Crippen molar-refractivity contribution in [1.29, 1.82) is 0 Å². The van der Waals surface area contributed by atoms with E-state index in [0.29, 0.717) is 5.92 Å². The van der Waals surface area contributed by atoms with E-state index in [2.05, 4.69) is 20.8 Å². The molecule has 1 heterocycles. The van der Waals surface area contributed by atoms with Gasteiger partial charge in [0.05, 0.1) is 0 Å². The standard InChI is InChI=1S/C17H28F3NO2/c1-12-9-13(11-15(2,3)10-12)14(22)21-7-5-16(23-4,6-8-21)17(18,19)20/h12-13H,5-11H2,1-4H3. The van der Waals surface area contributed by atoms with Crippen molar-refractivity contribution >= 4 is 5.91 Å². The lowest BCUT2D eigenvalue weighted by Crippen LogP contribution is -2.56. The molecule has 134 valence electrons. The highest BCUT2D eigenvalue weighted by atomic mass is 19.4. The van der Waals surface area contributed by atoms with Gasteiger partial charge < -0.3 is 9.64 Å².